The summed E-state index contributed by atoms with van der Waals surface area (Å²) >= 11 is 0. The van der Waals surface area contributed by atoms with Gasteiger partial charge in [0.15, 0.2) is 0 Å². The highest BCUT2D eigenvalue weighted by Crippen LogP contribution is 2.30. The monoisotopic (exact) mass is 436 g/mol. The highest BCUT2D eigenvalue weighted by atomic mass is 16.5. The number of benzene rings is 2. The predicted molar refractivity (Wildman–Crippen MR) is 132 cm³/mol. The fourth-order valence-electron chi connectivity index (χ4n) is 4.57. The van der Waals surface area contributed by atoms with Gasteiger partial charge >= 0.3 is 0 Å². The first-order chi connectivity index (χ1) is 16.2. The van der Waals surface area contributed by atoms with Crippen molar-refractivity contribution in [2.24, 2.45) is 0 Å². The number of hydrogen-bond donors (Lipinski definition) is 1. The summed E-state index contributed by atoms with van der Waals surface area (Å²) < 4.78 is 7.22. The number of rotatable bonds is 4. The summed E-state index contributed by atoms with van der Waals surface area (Å²) in [7, 11) is 0. The second-order valence-corrected chi connectivity index (χ2v) is 8.45. The molecule has 0 atom stereocenters. The van der Waals surface area contributed by atoms with Gasteiger partial charge in [0.1, 0.15) is 5.65 Å². The van der Waals surface area contributed by atoms with Crippen molar-refractivity contribution in [3.8, 4) is 11.1 Å². The third-order valence-corrected chi connectivity index (χ3v) is 6.37. The molecule has 3 aromatic heterocycles. The molecule has 6 rings (SSSR count). The Morgan fingerprint density at radius 2 is 1.82 bits per heavy atom. The summed E-state index contributed by atoms with van der Waals surface area (Å²) in [4.78, 5) is 23.1. The largest absolute Gasteiger partial charge is 0.378 e. The molecule has 33 heavy (non-hydrogen) atoms. The van der Waals surface area contributed by atoms with E-state index in [4.69, 9.17) is 4.74 Å². The summed E-state index contributed by atoms with van der Waals surface area (Å²) in [5.74, 6) is 0. The summed E-state index contributed by atoms with van der Waals surface area (Å²) in [5.41, 5.74) is 4.87. The van der Waals surface area contributed by atoms with E-state index >= 15 is 0 Å². The molecule has 0 radical (unpaired) electrons. The van der Waals surface area contributed by atoms with Crippen LogP contribution in [0.5, 0.6) is 0 Å². The minimum Gasteiger partial charge on any atom is -0.378 e. The number of ether oxygens (including phenoxy) is 1. The van der Waals surface area contributed by atoms with Crippen molar-refractivity contribution in [2.45, 2.75) is 6.54 Å². The van der Waals surface area contributed by atoms with E-state index in [9.17, 15) is 4.79 Å². The molecule has 1 saturated heterocycles. The number of H-pyrrole nitrogens is 1. The third kappa shape index (κ3) is 3.79. The van der Waals surface area contributed by atoms with Crippen molar-refractivity contribution in [1.82, 2.24) is 14.5 Å². The maximum absolute atomic E-state index is 13.0. The number of nitrogens with zero attached hydrogens (tertiary/aromatic N) is 3. The number of aromatic amines is 1. The lowest BCUT2D eigenvalue weighted by Crippen LogP contribution is -2.36. The van der Waals surface area contributed by atoms with Crippen LogP contribution in [0.15, 0.2) is 84.0 Å². The average molecular weight is 437 g/mol. The number of morpholine rings is 1. The molecule has 0 saturated carbocycles. The first-order valence-electron chi connectivity index (χ1n) is 11.2. The van der Waals surface area contributed by atoms with E-state index in [0.29, 0.717) is 6.54 Å². The molecule has 5 aromatic rings. The van der Waals surface area contributed by atoms with Crippen LogP contribution in [0.25, 0.3) is 32.9 Å². The molecular formula is C27H24N4O2. The van der Waals surface area contributed by atoms with Gasteiger partial charge in [-0.2, -0.15) is 0 Å². The predicted octanol–water partition coefficient (Wildman–Crippen LogP) is 4.43. The van der Waals surface area contributed by atoms with Gasteiger partial charge in [-0.05, 0) is 40.1 Å². The van der Waals surface area contributed by atoms with Crippen LogP contribution in [0, 0.1) is 0 Å². The van der Waals surface area contributed by atoms with Crippen molar-refractivity contribution in [3.05, 3.63) is 95.2 Å². The number of nitrogens with one attached hydrogen (secondary N) is 1. The van der Waals surface area contributed by atoms with Crippen molar-refractivity contribution in [2.75, 3.05) is 31.2 Å². The van der Waals surface area contributed by atoms with Crippen molar-refractivity contribution >= 4 is 27.5 Å². The van der Waals surface area contributed by atoms with Crippen LogP contribution < -0.4 is 10.5 Å². The van der Waals surface area contributed by atoms with Crippen molar-refractivity contribution in [1.29, 1.82) is 0 Å². The normalized spacial score (nSPS) is 14.2. The topological polar surface area (TPSA) is 63.1 Å². The first kappa shape index (κ1) is 19.8. The zero-order valence-corrected chi connectivity index (χ0v) is 18.2. The molecule has 6 nitrogen and oxygen atoms in total. The van der Waals surface area contributed by atoms with Crippen LogP contribution in [0.1, 0.15) is 5.56 Å². The van der Waals surface area contributed by atoms with Crippen LogP contribution >= 0.6 is 0 Å². The Labute approximate surface area is 191 Å². The van der Waals surface area contributed by atoms with Crippen LogP contribution in [0.2, 0.25) is 0 Å². The third-order valence-electron chi connectivity index (χ3n) is 6.37. The molecule has 0 unspecified atom stereocenters. The van der Waals surface area contributed by atoms with Gasteiger partial charge in [0.2, 0.25) is 0 Å². The van der Waals surface area contributed by atoms with E-state index in [1.54, 1.807) is 10.6 Å². The smallest absolute Gasteiger partial charge is 0.251 e. The molecule has 0 spiro atoms. The van der Waals surface area contributed by atoms with E-state index < -0.39 is 0 Å². The number of aromatic nitrogens is 3. The minimum atomic E-state index is -0.0210. The van der Waals surface area contributed by atoms with E-state index in [-0.39, 0.29) is 5.56 Å². The quantitative estimate of drug-likeness (QED) is 0.453. The Balaban J connectivity index is 1.31. The lowest BCUT2D eigenvalue weighted by atomic mass is 10.1. The van der Waals surface area contributed by atoms with Gasteiger partial charge in [0.05, 0.1) is 31.6 Å². The molecule has 2 aromatic carbocycles. The summed E-state index contributed by atoms with van der Waals surface area (Å²) in [6.07, 6.45) is 5.71. The Bertz CT molecular complexity index is 1510. The fourth-order valence-corrected chi connectivity index (χ4v) is 4.57. The molecule has 0 amide bonds. The number of anilines is 1. The maximum Gasteiger partial charge on any atom is 0.251 e. The van der Waals surface area contributed by atoms with E-state index in [0.717, 1.165) is 59.7 Å². The molecule has 4 heterocycles. The Kier molecular flexibility index (Phi) is 4.92. The average Bonchev–Trinajstić information content (AvgIpc) is 3.29. The molecule has 1 N–H and O–H groups in total. The highest BCUT2D eigenvalue weighted by molar-refractivity contribution is 5.95. The van der Waals surface area contributed by atoms with Gasteiger partial charge in [-0.15, -0.1) is 0 Å². The summed E-state index contributed by atoms with van der Waals surface area (Å²) in [5, 5.41) is 3.40. The second-order valence-electron chi connectivity index (χ2n) is 8.45. The molecule has 1 aliphatic rings. The lowest BCUT2D eigenvalue weighted by molar-refractivity contribution is 0.122. The first-order valence-corrected chi connectivity index (χ1v) is 11.2. The standard InChI is InChI=1S/C27H24N4O2/c32-26-14-22(7-8-31(26)18-19-5-6-20-3-1-2-4-21(20)13-19)25-17-29-27-24(25)15-23(16-28-27)30-9-11-33-12-10-30/h1-8,13-17H,9-12,18H2,(H,28,29). The second kappa shape index (κ2) is 8.22. The Morgan fingerprint density at radius 3 is 2.67 bits per heavy atom. The molecule has 0 aliphatic carbocycles. The van der Waals surface area contributed by atoms with Gasteiger partial charge < -0.3 is 19.2 Å². The van der Waals surface area contributed by atoms with Gasteiger partial charge in [0, 0.05) is 42.5 Å². The minimum absolute atomic E-state index is 0.0210. The van der Waals surface area contributed by atoms with E-state index in [1.165, 1.54) is 10.8 Å². The Hall–Kier alpha value is -3.90. The molecule has 1 fully saturated rings. The molecule has 6 heteroatoms. The number of fused-ring (bicyclic) bond motifs is 2. The van der Waals surface area contributed by atoms with E-state index in [2.05, 4.69) is 51.3 Å². The Morgan fingerprint density at radius 1 is 0.970 bits per heavy atom. The highest BCUT2D eigenvalue weighted by Gasteiger charge is 2.15. The van der Waals surface area contributed by atoms with Crippen LogP contribution in [0.4, 0.5) is 5.69 Å². The van der Waals surface area contributed by atoms with Gasteiger partial charge in [0.25, 0.3) is 5.56 Å². The van der Waals surface area contributed by atoms with E-state index in [1.807, 2.05) is 36.8 Å². The van der Waals surface area contributed by atoms with Gasteiger partial charge in [-0.3, -0.25) is 4.79 Å². The molecule has 0 bridgehead atoms. The zero-order valence-electron chi connectivity index (χ0n) is 18.2. The number of hydrogen-bond acceptors (Lipinski definition) is 4. The maximum atomic E-state index is 13.0. The summed E-state index contributed by atoms with van der Waals surface area (Å²) in [6.45, 7) is 3.72. The van der Waals surface area contributed by atoms with Crippen molar-refractivity contribution < 1.29 is 4.74 Å². The SMILES string of the molecule is O=c1cc(-c2c[nH]c3ncc(N4CCOCC4)cc23)ccn1Cc1ccc2ccccc2c1. The van der Waals surface area contributed by atoms with Crippen molar-refractivity contribution in [3.63, 3.8) is 0 Å². The summed E-state index contributed by atoms with van der Waals surface area (Å²) in [6, 6.07) is 20.5. The van der Waals surface area contributed by atoms with Crippen LogP contribution in [-0.2, 0) is 11.3 Å². The van der Waals surface area contributed by atoms with Crippen LogP contribution in [0.3, 0.4) is 0 Å². The molecule has 164 valence electrons. The van der Waals surface area contributed by atoms with Gasteiger partial charge in [-0.25, -0.2) is 4.98 Å². The number of pyridine rings is 2. The molecule has 1 aliphatic heterocycles. The van der Waals surface area contributed by atoms with Gasteiger partial charge in [-0.1, -0.05) is 36.4 Å². The molecular weight excluding hydrogens is 412 g/mol. The zero-order chi connectivity index (χ0) is 22.2. The lowest BCUT2D eigenvalue weighted by Gasteiger charge is -2.28. The van der Waals surface area contributed by atoms with Crippen LogP contribution in [-0.4, -0.2) is 40.8 Å². The fraction of sp³-hybridized carbons (Fsp3) is 0.185.